The molecule has 0 saturated carbocycles. The Morgan fingerprint density at radius 2 is 1.50 bits per heavy atom. The average Bonchev–Trinajstić information content (AvgIpc) is 2.75. The summed E-state index contributed by atoms with van der Waals surface area (Å²) in [5, 5.41) is 54.0. The van der Waals surface area contributed by atoms with Gasteiger partial charge in [0.05, 0.1) is 19.8 Å². The van der Waals surface area contributed by atoms with E-state index in [9.17, 15) is 24.6 Å². The molecule has 0 aliphatic carbocycles. The number of benzene rings is 1. The number of esters is 3. The van der Waals surface area contributed by atoms with Crippen molar-refractivity contribution in [3.05, 3.63) is 29.8 Å². The fraction of sp³-hybridized carbons (Fsp3) is 0.389. The molecule has 0 fully saturated rings. The smallest absolute Gasteiger partial charge is 0.342 e. The summed E-state index contributed by atoms with van der Waals surface area (Å²) < 4.78 is 14.4. The lowest BCUT2D eigenvalue weighted by Gasteiger charge is -2.13. The minimum absolute atomic E-state index is 0.0932. The Hall–Kier alpha value is -2.87. The molecule has 0 spiro atoms. The third-order valence-electron chi connectivity index (χ3n) is 3.33. The van der Waals surface area contributed by atoms with E-state index in [0.29, 0.717) is 0 Å². The maximum Gasteiger partial charge on any atom is 0.342 e. The topological polar surface area (TPSA) is 200 Å². The van der Waals surface area contributed by atoms with E-state index in [1.807, 2.05) is 0 Å². The van der Waals surface area contributed by atoms with Crippen LogP contribution >= 0.6 is 0 Å². The zero-order chi connectivity index (χ0) is 22.7. The van der Waals surface area contributed by atoms with Crippen molar-refractivity contribution >= 4 is 24.0 Å². The van der Waals surface area contributed by atoms with E-state index in [1.165, 1.54) is 12.1 Å². The number of aliphatic hydroxyl groups is 6. The van der Waals surface area contributed by atoms with E-state index >= 15 is 0 Å². The number of aliphatic hydroxyl groups excluding tert-OH is 6. The molecule has 6 N–H and O–H groups in total. The van der Waals surface area contributed by atoms with Gasteiger partial charge in [-0.1, -0.05) is 0 Å². The molecule has 1 aromatic rings. The van der Waals surface area contributed by atoms with E-state index in [0.717, 1.165) is 18.2 Å². The third kappa shape index (κ3) is 8.24. The van der Waals surface area contributed by atoms with Crippen LogP contribution in [0.5, 0.6) is 11.5 Å². The molecular weight excluding hydrogens is 408 g/mol. The van der Waals surface area contributed by atoms with E-state index in [4.69, 9.17) is 29.9 Å². The summed E-state index contributed by atoms with van der Waals surface area (Å²) in [6.07, 6.45) is -2.83. The molecule has 3 atom stereocenters. The van der Waals surface area contributed by atoms with Crippen LogP contribution in [0.25, 0.3) is 6.08 Å². The lowest BCUT2D eigenvalue weighted by Crippen LogP contribution is -2.29. The fourth-order valence-electron chi connectivity index (χ4n) is 1.75. The summed E-state index contributed by atoms with van der Waals surface area (Å²) in [5.74, 6) is -3.79. The first-order valence-electron chi connectivity index (χ1n) is 8.50. The summed E-state index contributed by atoms with van der Waals surface area (Å²) in [6.45, 7) is -2.85. The average molecular weight is 430 g/mol. The van der Waals surface area contributed by atoms with Crippen molar-refractivity contribution in [3.63, 3.8) is 0 Å². The number of hydrogen-bond donors (Lipinski definition) is 6. The van der Waals surface area contributed by atoms with Gasteiger partial charge in [0.1, 0.15) is 24.2 Å². The highest BCUT2D eigenvalue weighted by Gasteiger charge is 2.20. The number of ether oxygens (including phenoxy) is 3. The van der Waals surface area contributed by atoms with Gasteiger partial charge in [0, 0.05) is 17.7 Å². The summed E-state index contributed by atoms with van der Waals surface area (Å²) in [5.41, 5.74) is 0.0932. The molecule has 0 aromatic heterocycles. The quantitative estimate of drug-likeness (QED) is 0.119. The number of carbonyl (C=O) groups is 3. The predicted octanol–water partition coefficient (Wildman–Crippen LogP) is -2.89. The van der Waals surface area contributed by atoms with Crippen molar-refractivity contribution in [2.24, 2.45) is 0 Å². The molecule has 1 aromatic carbocycles. The SMILES string of the molecule is O=C(C=Cc1ccc(OC(=O)C(O)CO)cc1OC(=O)C(O)CO)OCC(O)CO. The molecule has 0 bridgehead atoms. The standard InChI is InChI=1S/C18H22O12/c19-6-11(22)9-28-16(25)4-2-10-1-3-12(29-17(26)13(23)7-20)5-15(10)30-18(27)14(24)8-21/h1-5,11,13-14,19-24H,6-9H2. The van der Waals surface area contributed by atoms with Gasteiger partial charge in [-0.2, -0.15) is 0 Å². The maximum atomic E-state index is 11.8. The van der Waals surface area contributed by atoms with Gasteiger partial charge in [-0.3, -0.25) is 0 Å². The van der Waals surface area contributed by atoms with Crippen molar-refractivity contribution in [2.45, 2.75) is 18.3 Å². The second-order valence-corrected chi connectivity index (χ2v) is 5.74. The van der Waals surface area contributed by atoms with Gasteiger partial charge in [0.25, 0.3) is 0 Å². The molecule has 0 saturated heterocycles. The number of carbonyl (C=O) groups excluding carboxylic acids is 3. The monoisotopic (exact) mass is 430 g/mol. The van der Waals surface area contributed by atoms with Gasteiger partial charge in [-0.15, -0.1) is 0 Å². The predicted molar refractivity (Wildman–Crippen MR) is 97.0 cm³/mol. The van der Waals surface area contributed by atoms with Crippen molar-refractivity contribution in [2.75, 3.05) is 26.4 Å². The Morgan fingerprint density at radius 1 is 0.900 bits per heavy atom. The summed E-state index contributed by atoms with van der Waals surface area (Å²) in [7, 11) is 0. The minimum Gasteiger partial charge on any atom is -0.460 e. The zero-order valence-corrected chi connectivity index (χ0v) is 15.6. The summed E-state index contributed by atoms with van der Waals surface area (Å²) >= 11 is 0. The Balaban J connectivity index is 3.05. The van der Waals surface area contributed by atoms with Crippen LogP contribution < -0.4 is 9.47 Å². The van der Waals surface area contributed by atoms with E-state index < -0.39 is 62.6 Å². The molecule has 1 rings (SSSR count). The Kier molecular flexibility index (Phi) is 10.6. The molecule has 12 heteroatoms. The van der Waals surface area contributed by atoms with Crippen molar-refractivity contribution in [1.29, 1.82) is 0 Å². The van der Waals surface area contributed by atoms with Crippen LogP contribution in [0.4, 0.5) is 0 Å². The molecule has 0 heterocycles. The Morgan fingerprint density at radius 3 is 2.07 bits per heavy atom. The Labute approximate surface area is 170 Å². The van der Waals surface area contributed by atoms with Crippen LogP contribution in [0.2, 0.25) is 0 Å². The van der Waals surface area contributed by atoms with E-state index in [1.54, 1.807) is 0 Å². The highest BCUT2D eigenvalue weighted by atomic mass is 16.6. The van der Waals surface area contributed by atoms with Crippen LogP contribution in [0.15, 0.2) is 24.3 Å². The number of hydrogen-bond acceptors (Lipinski definition) is 12. The molecule has 0 amide bonds. The second-order valence-electron chi connectivity index (χ2n) is 5.74. The molecule has 12 nitrogen and oxygen atoms in total. The molecular formula is C18H22O12. The largest absolute Gasteiger partial charge is 0.460 e. The molecule has 0 aliphatic heterocycles. The Bertz CT molecular complexity index is 760. The van der Waals surface area contributed by atoms with Crippen LogP contribution in [-0.2, 0) is 19.1 Å². The van der Waals surface area contributed by atoms with Crippen molar-refractivity contribution in [1.82, 2.24) is 0 Å². The molecule has 0 radical (unpaired) electrons. The molecule has 3 unspecified atom stereocenters. The second kappa shape index (κ2) is 12.6. The van der Waals surface area contributed by atoms with Crippen LogP contribution in [0.3, 0.4) is 0 Å². The third-order valence-corrected chi connectivity index (χ3v) is 3.33. The minimum atomic E-state index is -1.85. The highest BCUT2D eigenvalue weighted by Crippen LogP contribution is 2.27. The fourth-order valence-corrected chi connectivity index (χ4v) is 1.75. The van der Waals surface area contributed by atoms with Gasteiger partial charge >= 0.3 is 17.9 Å². The van der Waals surface area contributed by atoms with Gasteiger partial charge < -0.3 is 44.8 Å². The maximum absolute atomic E-state index is 11.8. The van der Waals surface area contributed by atoms with Crippen molar-refractivity contribution in [3.8, 4) is 11.5 Å². The van der Waals surface area contributed by atoms with Crippen LogP contribution in [0, 0.1) is 0 Å². The lowest BCUT2D eigenvalue weighted by atomic mass is 10.1. The normalized spacial score (nSPS) is 14.1. The van der Waals surface area contributed by atoms with E-state index in [-0.39, 0.29) is 17.1 Å². The molecule has 0 aliphatic rings. The molecule has 30 heavy (non-hydrogen) atoms. The first-order valence-corrected chi connectivity index (χ1v) is 8.50. The lowest BCUT2D eigenvalue weighted by molar-refractivity contribution is -0.145. The highest BCUT2D eigenvalue weighted by molar-refractivity contribution is 5.88. The van der Waals surface area contributed by atoms with Crippen LogP contribution in [0.1, 0.15) is 5.56 Å². The van der Waals surface area contributed by atoms with Gasteiger partial charge in [-0.25, -0.2) is 14.4 Å². The van der Waals surface area contributed by atoms with E-state index in [2.05, 4.69) is 4.74 Å². The van der Waals surface area contributed by atoms with Gasteiger partial charge in [0.15, 0.2) is 12.2 Å². The first kappa shape index (κ1) is 25.2. The molecule has 166 valence electrons. The van der Waals surface area contributed by atoms with Gasteiger partial charge in [-0.05, 0) is 18.2 Å². The zero-order valence-electron chi connectivity index (χ0n) is 15.6. The first-order chi connectivity index (χ1) is 14.2. The van der Waals surface area contributed by atoms with Crippen LogP contribution in [-0.4, -0.2) is 93.3 Å². The number of rotatable bonds is 11. The summed E-state index contributed by atoms with van der Waals surface area (Å²) in [6, 6.07) is 3.51. The van der Waals surface area contributed by atoms with Gasteiger partial charge in [0.2, 0.25) is 0 Å². The van der Waals surface area contributed by atoms with Crippen molar-refractivity contribution < 1.29 is 59.2 Å². The summed E-state index contributed by atoms with van der Waals surface area (Å²) in [4.78, 5) is 35.0.